The largest absolute Gasteiger partial charge is 0.508 e. The van der Waals surface area contributed by atoms with Gasteiger partial charge in [-0.1, -0.05) is 54.1 Å². The fourth-order valence-corrected chi connectivity index (χ4v) is 8.16. The Labute approximate surface area is 251 Å². The summed E-state index contributed by atoms with van der Waals surface area (Å²) in [6.07, 6.45) is 5.69. The Morgan fingerprint density at radius 3 is 2.37 bits per heavy atom. The molecule has 220 valence electrons. The van der Waals surface area contributed by atoms with Gasteiger partial charge in [0.25, 0.3) is 0 Å². The van der Waals surface area contributed by atoms with Crippen molar-refractivity contribution in [2.45, 2.75) is 58.0 Å². The molecule has 0 aromatic heterocycles. The monoisotopic (exact) mass is 576 g/mol. The number of rotatable bonds is 4. The van der Waals surface area contributed by atoms with E-state index < -0.39 is 17.8 Å². The van der Waals surface area contributed by atoms with Gasteiger partial charge in [0.05, 0.1) is 11.8 Å². The number of nitrogens with zero attached hydrogens (tertiary/aromatic N) is 2. The molecule has 2 heterocycles. The number of phenolic OH excluding ortho intramolecular Hbond substituents is 1. The number of allylic oxidation sites excluding steroid dienone is 6. The summed E-state index contributed by atoms with van der Waals surface area (Å²) < 4.78 is 0. The Hall–Kier alpha value is -4.10. The second kappa shape index (κ2) is 10.6. The van der Waals surface area contributed by atoms with Crippen LogP contribution in [0, 0.1) is 24.7 Å². The molecule has 7 nitrogen and oxygen atoms in total. The van der Waals surface area contributed by atoms with Gasteiger partial charge in [-0.05, 0) is 74.3 Å². The third-order valence-electron chi connectivity index (χ3n) is 10.3. The van der Waals surface area contributed by atoms with Gasteiger partial charge < -0.3 is 5.11 Å². The van der Waals surface area contributed by atoms with Crippen molar-refractivity contribution >= 4 is 23.4 Å². The van der Waals surface area contributed by atoms with Gasteiger partial charge in [-0.25, -0.2) is 0 Å². The molecule has 7 heteroatoms. The van der Waals surface area contributed by atoms with Crippen LogP contribution in [0.3, 0.4) is 0 Å². The van der Waals surface area contributed by atoms with Crippen molar-refractivity contribution in [2.24, 2.45) is 17.8 Å². The predicted molar refractivity (Wildman–Crippen MR) is 161 cm³/mol. The van der Waals surface area contributed by atoms with Crippen molar-refractivity contribution in [1.29, 1.82) is 0 Å². The van der Waals surface area contributed by atoms with Gasteiger partial charge in [0, 0.05) is 48.3 Å². The Balaban J connectivity index is 1.19. The van der Waals surface area contributed by atoms with Crippen molar-refractivity contribution in [3.63, 3.8) is 0 Å². The summed E-state index contributed by atoms with van der Waals surface area (Å²) >= 11 is 0. The van der Waals surface area contributed by atoms with Crippen LogP contribution in [0.2, 0.25) is 0 Å². The van der Waals surface area contributed by atoms with Crippen LogP contribution in [0.4, 0.5) is 0 Å². The molecule has 3 aliphatic carbocycles. The lowest BCUT2D eigenvalue weighted by Gasteiger charge is -2.42. The van der Waals surface area contributed by atoms with Crippen molar-refractivity contribution in [1.82, 2.24) is 9.80 Å². The summed E-state index contributed by atoms with van der Waals surface area (Å²) in [7, 11) is 0. The lowest BCUT2D eigenvalue weighted by Crippen LogP contribution is -2.47. The molecular weight excluding hydrogens is 540 g/mol. The zero-order valence-corrected chi connectivity index (χ0v) is 24.6. The molecule has 2 fully saturated rings. The minimum atomic E-state index is -0.542. The normalized spacial score (nSPS) is 28.0. The van der Waals surface area contributed by atoms with Gasteiger partial charge in [-0.15, -0.1) is 0 Å². The lowest BCUT2D eigenvalue weighted by molar-refractivity contribution is -0.144. The molecule has 5 aliphatic rings. The van der Waals surface area contributed by atoms with Crippen molar-refractivity contribution in [3.8, 4) is 5.75 Å². The number of piperidine rings is 1. The number of benzene rings is 2. The first-order chi connectivity index (χ1) is 20.7. The van der Waals surface area contributed by atoms with Crippen LogP contribution < -0.4 is 0 Å². The van der Waals surface area contributed by atoms with E-state index >= 15 is 0 Å². The molecule has 2 aromatic carbocycles. The minimum absolute atomic E-state index is 0.0922. The van der Waals surface area contributed by atoms with Crippen LogP contribution in [-0.2, 0) is 25.7 Å². The van der Waals surface area contributed by atoms with Crippen LogP contribution in [0.15, 0.2) is 83.0 Å². The first-order valence-electron chi connectivity index (χ1n) is 15.4. The van der Waals surface area contributed by atoms with Crippen LogP contribution in [0.1, 0.15) is 55.2 Å². The standard InChI is InChI=1S/C36H36N2O5/c1-20-16-23(8-11-29(20)39)31-25-9-10-26-32(27(25)18-28-30(40)17-21(2)34(41)33(28)31)36(43)38(35(26)42)24-12-14-37(15-13-24)19-22-6-4-3-5-7-22/h3-9,11,16-17,24,26-27,31-32,39H,10,12-15,18-19H2,1-2H3. The third-order valence-corrected chi connectivity index (χ3v) is 10.3. The van der Waals surface area contributed by atoms with E-state index in [0.29, 0.717) is 28.7 Å². The molecule has 0 saturated carbocycles. The number of phenols is 1. The highest BCUT2D eigenvalue weighted by Crippen LogP contribution is 2.55. The van der Waals surface area contributed by atoms with Gasteiger partial charge >= 0.3 is 0 Å². The summed E-state index contributed by atoms with van der Waals surface area (Å²) in [5, 5.41) is 10.2. The van der Waals surface area contributed by atoms with Crippen LogP contribution in [0.5, 0.6) is 5.75 Å². The van der Waals surface area contributed by atoms with E-state index in [1.165, 1.54) is 11.6 Å². The number of ketones is 2. The molecule has 2 saturated heterocycles. The smallest absolute Gasteiger partial charge is 0.233 e. The molecule has 4 unspecified atom stereocenters. The molecule has 0 spiro atoms. The van der Waals surface area contributed by atoms with E-state index in [4.69, 9.17) is 0 Å². The molecule has 43 heavy (non-hydrogen) atoms. The van der Waals surface area contributed by atoms with E-state index in [2.05, 4.69) is 23.1 Å². The average molecular weight is 577 g/mol. The van der Waals surface area contributed by atoms with Crippen molar-refractivity contribution in [2.75, 3.05) is 13.1 Å². The first kappa shape index (κ1) is 27.7. The van der Waals surface area contributed by atoms with Gasteiger partial charge in [0.2, 0.25) is 11.8 Å². The number of imide groups is 1. The molecule has 4 atom stereocenters. The third kappa shape index (κ3) is 4.52. The Morgan fingerprint density at radius 1 is 0.907 bits per heavy atom. The van der Waals surface area contributed by atoms with Gasteiger partial charge in [0.15, 0.2) is 11.6 Å². The number of hydrogen-bond donors (Lipinski definition) is 1. The zero-order chi connectivity index (χ0) is 30.0. The SMILES string of the molecule is CC1=CC(=O)C2=C(C1=O)C(c1ccc(O)c(C)c1)C1=CCC3C(=O)N(C4CCN(Cc5ccccc5)CC4)C(=O)C3C1C2. The number of hydrogen-bond acceptors (Lipinski definition) is 6. The number of aryl methyl sites for hydroxylation is 1. The number of Topliss-reactive ketones (excluding diaryl/α,β-unsaturated/α-hetero) is 1. The summed E-state index contributed by atoms with van der Waals surface area (Å²) in [4.78, 5) is 59.0. The van der Waals surface area contributed by atoms with Crippen molar-refractivity contribution in [3.05, 3.63) is 99.7 Å². The number of carbonyl (C=O) groups excluding carboxylic acids is 4. The molecule has 2 aromatic rings. The molecule has 2 amide bonds. The van der Waals surface area contributed by atoms with Crippen molar-refractivity contribution < 1.29 is 24.3 Å². The number of carbonyl (C=O) groups is 4. The predicted octanol–water partition coefficient (Wildman–Crippen LogP) is 4.79. The Bertz CT molecular complexity index is 1640. The first-order valence-corrected chi connectivity index (χ1v) is 15.4. The molecule has 7 rings (SSSR count). The lowest BCUT2D eigenvalue weighted by atomic mass is 9.59. The zero-order valence-electron chi connectivity index (χ0n) is 24.6. The topological polar surface area (TPSA) is 95.0 Å². The molecular formula is C36H36N2O5. The highest BCUT2D eigenvalue weighted by molar-refractivity contribution is 6.23. The van der Waals surface area contributed by atoms with E-state index in [1.54, 1.807) is 30.9 Å². The maximum Gasteiger partial charge on any atom is 0.233 e. The van der Waals surface area contributed by atoms with E-state index in [1.807, 2.05) is 24.3 Å². The quantitative estimate of drug-likeness (QED) is 0.320. The van der Waals surface area contributed by atoms with Gasteiger partial charge in [0.1, 0.15) is 5.75 Å². The molecule has 2 aliphatic heterocycles. The van der Waals surface area contributed by atoms with Gasteiger partial charge in [-0.2, -0.15) is 0 Å². The molecule has 0 bridgehead atoms. The summed E-state index contributed by atoms with van der Waals surface area (Å²) in [5.74, 6) is -2.21. The molecule has 0 radical (unpaired) electrons. The fourth-order valence-electron chi connectivity index (χ4n) is 8.16. The maximum absolute atomic E-state index is 14.2. The maximum atomic E-state index is 14.2. The second-order valence-corrected chi connectivity index (χ2v) is 12.8. The highest BCUT2D eigenvalue weighted by atomic mass is 16.3. The number of fused-ring (bicyclic) bond motifs is 3. The fraction of sp³-hybridized carbons (Fsp3) is 0.389. The Morgan fingerprint density at radius 2 is 1.65 bits per heavy atom. The second-order valence-electron chi connectivity index (χ2n) is 12.8. The molecule has 1 N–H and O–H groups in total. The van der Waals surface area contributed by atoms with E-state index in [9.17, 15) is 24.3 Å². The number of aromatic hydroxyl groups is 1. The average Bonchev–Trinajstić information content (AvgIpc) is 3.26. The number of likely N-dealkylation sites (tertiary alicyclic amines) is 2. The van der Waals surface area contributed by atoms with Crippen LogP contribution in [-0.4, -0.2) is 57.4 Å². The summed E-state index contributed by atoms with van der Waals surface area (Å²) in [6.45, 7) is 5.97. The highest BCUT2D eigenvalue weighted by Gasteiger charge is 2.57. The van der Waals surface area contributed by atoms with Crippen LogP contribution >= 0.6 is 0 Å². The van der Waals surface area contributed by atoms with Crippen LogP contribution in [0.25, 0.3) is 0 Å². The van der Waals surface area contributed by atoms with E-state index in [-0.39, 0.29) is 47.5 Å². The summed E-state index contributed by atoms with van der Waals surface area (Å²) in [5.41, 5.74) is 5.04. The Kier molecular flexibility index (Phi) is 6.81. The van der Waals surface area contributed by atoms with Gasteiger partial charge in [-0.3, -0.25) is 29.0 Å². The minimum Gasteiger partial charge on any atom is -0.508 e. The summed E-state index contributed by atoms with van der Waals surface area (Å²) in [6, 6.07) is 15.5. The van der Waals surface area contributed by atoms with E-state index in [0.717, 1.165) is 43.6 Å². The number of amides is 2.